The van der Waals surface area contributed by atoms with E-state index in [-0.39, 0.29) is 0 Å². The number of hydrogen-bond donors (Lipinski definition) is 1. The van der Waals surface area contributed by atoms with Crippen LogP contribution in [-0.2, 0) is 0 Å². The molecule has 0 spiro atoms. The predicted molar refractivity (Wildman–Crippen MR) is 81.9 cm³/mol. The summed E-state index contributed by atoms with van der Waals surface area (Å²) in [7, 11) is 0. The van der Waals surface area contributed by atoms with Crippen molar-refractivity contribution in [1.82, 2.24) is 15.1 Å². The summed E-state index contributed by atoms with van der Waals surface area (Å²) in [5.41, 5.74) is 2.42. The zero-order valence-electron chi connectivity index (χ0n) is 12.1. The van der Waals surface area contributed by atoms with Crippen molar-refractivity contribution in [3.8, 4) is 5.69 Å². The summed E-state index contributed by atoms with van der Waals surface area (Å²) >= 11 is 0. The van der Waals surface area contributed by atoms with Crippen LogP contribution in [0.3, 0.4) is 0 Å². The Morgan fingerprint density at radius 3 is 2.80 bits per heavy atom. The molecule has 0 aliphatic heterocycles. The fraction of sp³-hybridized carbons (Fsp3) is 0.471. The van der Waals surface area contributed by atoms with Gasteiger partial charge in [0.05, 0.1) is 11.9 Å². The molecular weight excluding hydrogens is 246 g/mol. The molecule has 20 heavy (non-hydrogen) atoms. The van der Waals surface area contributed by atoms with Gasteiger partial charge in [-0.3, -0.25) is 0 Å². The first-order chi connectivity index (χ1) is 9.86. The fourth-order valence-corrected chi connectivity index (χ4v) is 2.68. The van der Waals surface area contributed by atoms with E-state index in [0.717, 1.165) is 18.2 Å². The maximum absolute atomic E-state index is 4.51. The zero-order valence-corrected chi connectivity index (χ0v) is 12.1. The average molecular weight is 269 g/mol. The Balaban J connectivity index is 1.72. The molecule has 1 aliphatic carbocycles. The fourth-order valence-electron chi connectivity index (χ4n) is 2.68. The van der Waals surface area contributed by atoms with Crippen molar-refractivity contribution in [2.75, 3.05) is 6.54 Å². The minimum absolute atomic E-state index is 0.443. The van der Waals surface area contributed by atoms with Crippen molar-refractivity contribution in [2.24, 2.45) is 5.92 Å². The Kier molecular flexibility index (Phi) is 4.16. The summed E-state index contributed by atoms with van der Waals surface area (Å²) in [4.78, 5) is 0. The molecule has 3 heteroatoms. The van der Waals surface area contributed by atoms with Gasteiger partial charge in [-0.05, 0) is 37.4 Å². The number of nitrogens with one attached hydrogen (secondary N) is 1. The second kappa shape index (κ2) is 6.23. The number of rotatable bonds is 7. The van der Waals surface area contributed by atoms with E-state index >= 15 is 0 Å². The lowest BCUT2D eigenvalue weighted by Gasteiger charge is -2.15. The van der Waals surface area contributed by atoms with Gasteiger partial charge < -0.3 is 5.32 Å². The van der Waals surface area contributed by atoms with Crippen LogP contribution in [0.4, 0.5) is 0 Å². The average Bonchev–Trinajstić information content (AvgIpc) is 3.19. The molecule has 0 amide bonds. The summed E-state index contributed by atoms with van der Waals surface area (Å²) in [6, 6.07) is 10.7. The van der Waals surface area contributed by atoms with Gasteiger partial charge in [-0.2, -0.15) is 5.10 Å². The van der Waals surface area contributed by atoms with E-state index in [1.54, 1.807) is 0 Å². The maximum Gasteiger partial charge on any atom is 0.0645 e. The van der Waals surface area contributed by atoms with E-state index in [9.17, 15) is 0 Å². The quantitative estimate of drug-likeness (QED) is 0.830. The maximum atomic E-state index is 4.51. The number of hydrogen-bond acceptors (Lipinski definition) is 2. The Labute approximate surface area is 121 Å². The second-order valence-corrected chi connectivity index (χ2v) is 5.68. The SMILES string of the molecule is CCNC(CCC1CC1)c1cnn(-c2ccccc2)c1. The molecule has 1 aliphatic rings. The van der Waals surface area contributed by atoms with Crippen LogP contribution < -0.4 is 5.32 Å². The smallest absolute Gasteiger partial charge is 0.0645 e. The molecule has 3 nitrogen and oxygen atoms in total. The Bertz CT molecular complexity index is 528. The Morgan fingerprint density at radius 1 is 1.30 bits per heavy atom. The van der Waals surface area contributed by atoms with Gasteiger partial charge in [-0.25, -0.2) is 4.68 Å². The molecule has 3 rings (SSSR count). The third-order valence-corrected chi connectivity index (χ3v) is 4.04. The molecule has 106 valence electrons. The highest BCUT2D eigenvalue weighted by molar-refractivity contribution is 5.31. The van der Waals surface area contributed by atoms with Crippen molar-refractivity contribution in [3.63, 3.8) is 0 Å². The molecule has 1 atom stereocenters. The molecule has 0 bridgehead atoms. The van der Waals surface area contributed by atoms with Crippen molar-refractivity contribution >= 4 is 0 Å². The van der Waals surface area contributed by atoms with Crippen molar-refractivity contribution < 1.29 is 0 Å². The standard InChI is InChI=1S/C17H23N3/c1-2-18-17(11-10-14-8-9-14)15-12-19-20(13-15)16-6-4-3-5-7-16/h3-7,12-14,17-18H,2,8-11H2,1H3. The second-order valence-electron chi connectivity index (χ2n) is 5.68. The van der Waals surface area contributed by atoms with Crippen molar-refractivity contribution in [3.05, 3.63) is 48.3 Å². The molecule has 1 aromatic carbocycles. The Morgan fingerprint density at radius 2 is 2.10 bits per heavy atom. The van der Waals surface area contributed by atoms with Gasteiger partial charge in [0.25, 0.3) is 0 Å². The zero-order chi connectivity index (χ0) is 13.8. The van der Waals surface area contributed by atoms with E-state index in [1.807, 2.05) is 29.1 Å². The molecule has 2 aromatic rings. The van der Waals surface area contributed by atoms with Gasteiger partial charge in [-0.15, -0.1) is 0 Å². The lowest BCUT2D eigenvalue weighted by atomic mass is 10.0. The Hall–Kier alpha value is -1.61. The van der Waals surface area contributed by atoms with Crippen LogP contribution in [0.5, 0.6) is 0 Å². The van der Waals surface area contributed by atoms with Gasteiger partial charge in [0.2, 0.25) is 0 Å². The summed E-state index contributed by atoms with van der Waals surface area (Å²) in [5.74, 6) is 0.986. The summed E-state index contributed by atoms with van der Waals surface area (Å²) in [5, 5.41) is 8.10. The molecule has 1 saturated carbocycles. The highest BCUT2D eigenvalue weighted by Gasteiger charge is 2.23. The van der Waals surface area contributed by atoms with Crippen LogP contribution in [0.2, 0.25) is 0 Å². The minimum atomic E-state index is 0.443. The third kappa shape index (κ3) is 3.28. The summed E-state index contributed by atoms with van der Waals surface area (Å²) in [6.07, 6.45) is 9.60. The molecular formula is C17H23N3. The van der Waals surface area contributed by atoms with Crippen LogP contribution in [-0.4, -0.2) is 16.3 Å². The van der Waals surface area contributed by atoms with Crippen LogP contribution in [0.25, 0.3) is 5.69 Å². The molecule has 0 radical (unpaired) electrons. The number of aromatic nitrogens is 2. The molecule has 1 N–H and O–H groups in total. The van der Waals surface area contributed by atoms with Crippen LogP contribution in [0.1, 0.15) is 44.2 Å². The lowest BCUT2D eigenvalue weighted by molar-refractivity contribution is 0.481. The third-order valence-electron chi connectivity index (χ3n) is 4.04. The lowest BCUT2D eigenvalue weighted by Crippen LogP contribution is -2.20. The van der Waals surface area contributed by atoms with E-state index in [2.05, 4.69) is 35.7 Å². The van der Waals surface area contributed by atoms with E-state index in [4.69, 9.17) is 0 Å². The monoisotopic (exact) mass is 269 g/mol. The van der Waals surface area contributed by atoms with Gasteiger partial charge >= 0.3 is 0 Å². The van der Waals surface area contributed by atoms with Crippen LogP contribution in [0, 0.1) is 5.92 Å². The van der Waals surface area contributed by atoms with E-state index in [0.29, 0.717) is 6.04 Å². The molecule has 1 heterocycles. The number of benzene rings is 1. The van der Waals surface area contributed by atoms with Crippen LogP contribution in [0.15, 0.2) is 42.7 Å². The molecule has 1 fully saturated rings. The number of nitrogens with zero attached hydrogens (tertiary/aromatic N) is 2. The first-order valence-corrected chi connectivity index (χ1v) is 7.70. The normalized spacial score (nSPS) is 16.2. The van der Waals surface area contributed by atoms with Crippen molar-refractivity contribution in [2.45, 2.75) is 38.6 Å². The number of para-hydroxylation sites is 1. The minimum Gasteiger partial charge on any atom is -0.310 e. The summed E-state index contributed by atoms with van der Waals surface area (Å²) < 4.78 is 1.97. The van der Waals surface area contributed by atoms with E-state index in [1.165, 1.54) is 31.2 Å². The van der Waals surface area contributed by atoms with Gasteiger partial charge in [-0.1, -0.05) is 38.0 Å². The first-order valence-electron chi connectivity index (χ1n) is 7.70. The molecule has 1 aromatic heterocycles. The molecule has 1 unspecified atom stereocenters. The highest BCUT2D eigenvalue weighted by Crippen LogP contribution is 2.35. The van der Waals surface area contributed by atoms with Gasteiger partial charge in [0, 0.05) is 17.8 Å². The van der Waals surface area contributed by atoms with Crippen LogP contribution >= 0.6 is 0 Å². The topological polar surface area (TPSA) is 29.9 Å². The van der Waals surface area contributed by atoms with Crippen molar-refractivity contribution in [1.29, 1.82) is 0 Å². The largest absolute Gasteiger partial charge is 0.310 e. The molecule has 0 saturated heterocycles. The predicted octanol–water partition coefficient (Wildman–Crippen LogP) is 3.71. The van der Waals surface area contributed by atoms with Gasteiger partial charge in [0.15, 0.2) is 0 Å². The van der Waals surface area contributed by atoms with E-state index < -0.39 is 0 Å². The highest BCUT2D eigenvalue weighted by atomic mass is 15.3. The first kappa shape index (κ1) is 13.4. The summed E-state index contributed by atoms with van der Waals surface area (Å²) in [6.45, 7) is 3.18. The van der Waals surface area contributed by atoms with Gasteiger partial charge in [0.1, 0.15) is 0 Å².